The van der Waals surface area contributed by atoms with E-state index in [-0.39, 0.29) is 16.6 Å². The molecule has 0 spiro atoms. The highest BCUT2D eigenvalue weighted by atomic mass is 32.2. The van der Waals surface area contributed by atoms with Crippen LogP contribution in [0.1, 0.15) is 42.5 Å². The van der Waals surface area contributed by atoms with Crippen LogP contribution in [-0.2, 0) is 10.0 Å². The van der Waals surface area contributed by atoms with Crippen molar-refractivity contribution < 1.29 is 17.9 Å². The standard InChI is InChI=1S/C19H29N3O4S/c1-26-17-7-6-16(13-18(17)27(24,25)22-11-2-3-12-22)19(23)21-10-8-15-5-4-9-20-14-15/h6-7,13,15,20H,2-5,8-12,14H2,1H3,(H,21,23). The minimum Gasteiger partial charge on any atom is -0.495 e. The number of carbonyl (C=O) groups is 1. The van der Waals surface area contributed by atoms with Crippen LogP contribution in [0.3, 0.4) is 0 Å². The topological polar surface area (TPSA) is 87.7 Å². The molecular formula is C19H29N3O4S. The van der Waals surface area contributed by atoms with Crippen LogP contribution in [0.2, 0.25) is 0 Å². The molecule has 1 aromatic carbocycles. The third-order valence-corrected chi connectivity index (χ3v) is 7.27. The van der Waals surface area contributed by atoms with E-state index in [0.29, 0.717) is 31.1 Å². The summed E-state index contributed by atoms with van der Waals surface area (Å²) in [6.45, 7) is 3.68. The molecule has 2 N–H and O–H groups in total. The summed E-state index contributed by atoms with van der Waals surface area (Å²) in [5, 5.41) is 6.29. The molecule has 1 atom stereocenters. The zero-order chi connectivity index (χ0) is 19.3. The van der Waals surface area contributed by atoms with Crippen LogP contribution < -0.4 is 15.4 Å². The summed E-state index contributed by atoms with van der Waals surface area (Å²) < 4.78 is 32.5. The number of amides is 1. The van der Waals surface area contributed by atoms with Gasteiger partial charge in [0, 0.05) is 25.2 Å². The summed E-state index contributed by atoms with van der Waals surface area (Å²) in [5.74, 6) is 0.604. The van der Waals surface area contributed by atoms with Gasteiger partial charge in [-0.15, -0.1) is 0 Å². The number of nitrogens with zero attached hydrogens (tertiary/aromatic N) is 1. The second kappa shape index (κ2) is 9.03. The SMILES string of the molecule is COc1ccc(C(=O)NCCC2CCCNC2)cc1S(=O)(=O)N1CCCC1. The summed E-state index contributed by atoms with van der Waals surface area (Å²) >= 11 is 0. The third-order valence-electron chi connectivity index (χ3n) is 5.35. The molecule has 0 aliphatic carbocycles. The number of sulfonamides is 1. The Morgan fingerprint density at radius 3 is 2.74 bits per heavy atom. The van der Waals surface area contributed by atoms with Crippen molar-refractivity contribution in [2.24, 2.45) is 5.92 Å². The van der Waals surface area contributed by atoms with Gasteiger partial charge < -0.3 is 15.4 Å². The second-order valence-electron chi connectivity index (χ2n) is 7.23. The lowest BCUT2D eigenvalue weighted by Crippen LogP contribution is -2.33. The molecule has 2 fully saturated rings. The van der Waals surface area contributed by atoms with Crippen molar-refractivity contribution in [3.63, 3.8) is 0 Å². The zero-order valence-corrected chi connectivity index (χ0v) is 16.7. The predicted molar refractivity (Wildman–Crippen MR) is 104 cm³/mol. The number of carbonyl (C=O) groups excluding carboxylic acids is 1. The van der Waals surface area contributed by atoms with Crippen LogP contribution in [0.4, 0.5) is 0 Å². The van der Waals surface area contributed by atoms with E-state index in [1.165, 1.54) is 30.3 Å². The first-order valence-electron chi connectivity index (χ1n) is 9.69. The molecule has 8 heteroatoms. The van der Waals surface area contributed by atoms with E-state index in [1.54, 1.807) is 12.1 Å². The number of methoxy groups -OCH3 is 1. The monoisotopic (exact) mass is 395 g/mol. The summed E-state index contributed by atoms with van der Waals surface area (Å²) in [6.07, 6.45) is 5.00. The zero-order valence-electron chi connectivity index (χ0n) is 15.9. The molecule has 1 amide bonds. The van der Waals surface area contributed by atoms with Gasteiger partial charge in [-0.2, -0.15) is 4.31 Å². The van der Waals surface area contributed by atoms with Crippen molar-refractivity contribution >= 4 is 15.9 Å². The molecule has 0 saturated carbocycles. The average molecular weight is 396 g/mol. The highest BCUT2D eigenvalue weighted by molar-refractivity contribution is 7.89. The highest BCUT2D eigenvalue weighted by Gasteiger charge is 2.30. The molecule has 1 aromatic rings. The number of nitrogens with one attached hydrogen (secondary N) is 2. The van der Waals surface area contributed by atoms with Gasteiger partial charge in [-0.1, -0.05) is 0 Å². The number of hydrogen-bond donors (Lipinski definition) is 2. The molecular weight excluding hydrogens is 366 g/mol. The lowest BCUT2D eigenvalue weighted by atomic mass is 9.96. The van der Waals surface area contributed by atoms with E-state index < -0.39 is 10.0 Å². The normalized spacial score (nSPS) is 21.1. The molecule has 0 aromatic heterocycles. The Bertz CT molecular complexity index is 754. The Hall–Kier alpha value is -1.64. The van der Waals surface area contributed by atoms with Crippen molar-refractivity contribution in [1.29, 1.82) is 0 Å². The maximum Gasteiger partial charge on any atom is 0.251 e. The highest BCUT2D eigenvalue weighted by Crippen LogP contribution is 2.29. The van der Waals surface area contributed by atoms with Gasteiger partial charge in [0.15, 0.2) is 0 Å². The molecule has 27 heavy (non-hydrogen) atoms. The van der Waals surface area contributed by atoms with Gasteiger partial charge in [0.1, 0.15) is 10.6 Å². The Labute approximate surface area is 161 Å². The summed E-state index contributed by atoms with van der Waals surface area (Å²) in [6, 6.07) is 4.60. The first-order valence-corrected chi connectivity index (χ1v) is 11.1. The van der Waals surface area contributed by atoms with E-state index in [0.717, 1.165) is 32.4 Å². The Kier molecular flexibility index (Phi) is 6.73. The number of ether oxygens (including phenoxy) is 1. The molecule has 7 nitrogen and oxygen atoms in total. The van der Waals surface area contributed by atoms with Crippen LogP contribution in [0, 0.1) is 5.92 Å². The van der Waals surface area contributed by atoms with E-state index >= 15 is 0 Å². The van der Waals surface area contributed by atoms with E-state index in [9.17, 15) is 13.2 Å². The fraction of sp³-hybridized carbons (Fsp3) is 0.632. The molecule has 2 aliphatic heterocycles. The van der Waals surface area contributed by atoms with Gasteiger partial charge in [-0.3, -0.25) is 4.79 Å². The second-order valence-corrected chi connectivity index (χ2v) is 9.14. The van der Waals surface area contributed by atoms with Crippen LogP contribution in [0.15, 0.2) is 23.1 Å². The van der Waals surface area contributed by atoms with Crippen LogP contribution in [0.25, 0.3) is 0 Å². The Morgan fingerprint density at radius 2 is 2.07 bits per heavy atom. The van der Waals surface area contributed by atoms with Gasteiger partial charge >= 0.3 is 0 Å². The molecule has 2 saturated heterocycles. The predicted octanol–water partition coefficient (Wildman–Crippen LogP) is 1.60. The molecule has 2 heterocycles. The summed E-state index contributed by atoms with van der Waals surface area (Å²) in [5.41, 5.74) is 0.343. The van der Waals surface area contributed by atoms with Gasteiger partial charge in [0.05, 0.1) is 7.11 Å². The molecule has 1 unspecified atom stereocenters. The summed E-state index contributed by atoms with van der Waals surface area (Å²) in [4.78, 5) is 12.6. The first-order chi connectivity index (χ1) is 13.0. The lowest BCUT2D eigenvalue weighted by molar-refractivity contribution is 0.0950. The van der Waals surface area contributed by atoms with E-state index in [1.807, 2.05) is 0 Å². The number of piperidine rings is 1. The van der Waals surface area contributed by atoms with Gasteiger partial charge in [0.25, 0.3) is 5.91 Å². The number of rotatable bonds is 7. The molecule has 3 rings (SSSR count). The molecule has 150 valence electrons. The average Bonchev–Trinajstić information content (AvgIpc) is 3.24. The molecule has 0 radical (unpaired) electrons. The van der Waals surface area contributed by atoms with E-state index in [2.05, 4.69) is 10.6 Å². The van der Waals surface area contributed by atoms with Crippen molar-refractivity contribution in [2.45, 2.75) is 37.0 Å². The molecule has 0 bridgehead atoms. The van der Waals surface area contributed by atoms with Crippen LogP contribution in [0.5, 0.6) is 5.75 Å². The maximum atomic E-state index is 12.9. The van der Waals surface area contributed by atoms with Crippen molar-refractivity contribution in [2.75, 3.05) is 39.8 Å². The molecule has 2 aliphatic rings. The van der Waals surface area contributed by atoms with Crippen LogP contribution >= 0.6 is 0 Å². The Balaban J connectivity index is 1.69. The fourth-order valence-electron chi connectivity index (χ4n) is 3.75. The number of benzene rings is 1. The Morgan fingerprint density at radius 1 is 1.30 bits per heavy atom. The first kappa shape index (κ1) is 20.1. The maximum absolute atomic E-state index is 12.9. The minimum absolute atomic E-state index is 0.0658. The van der Waals surface area contributed by atoms with Gasteiger partial charge in [0.2, 0.25) is 10.0 Å². The fourth-order valence-corrected chi connectivity index (χ4v) is 5.45. The van der Waals surface area contributed by atoms with Crippen molar-refractivity contribution in [3.8, 4) is 5.75 Å². The lowest BCUT2D eigenvalue weighted by Gasteiger charge is -2.22. The largest absolute Gasteiger partial charge is 0.495 e. The van der Waals surface area contributed by atoms with Gasteiger partial charge in [-0.05, 0) is 69.3 Å². The minimum atomic E-state index is -3.66. The van der Waals surface area contributed by atoms with Crippen molar-refractivity contribution in [1.82, 2.24) is 14.9 Å². The van der Waals surface area contributed by atoms with Crippen molar-refractivity contribution in [3.05, 3.63) is 23.8 Å². The van der Waals surface area contributed by atoms with Crippen LogP contribution in [-0.4, -0.2) is 58.5 Å². The summed E-state index contributed by atoms with van der Waals surface area (Å²) in [7, 11) is -2.21. The third kappa shape index (κ3) is 4.80. The quantitative estimate of drug-likeness (QED) is 0.732. The van der Waals surface area contributed by atoms with Gasteiger partial charge in [-0.25, -0.2) is 8.42 Å². The smallest absolute Gasteiger partial charge is 0.251 e. The van der Waals surface area contributed by atoms with E-state index in [4.69, 9.17) is 4.74 Å². The number of hydrogen-bond acceptors (Lipinski definition) is 5.